The topological polar surface area (TPSA) is 76.7 Å². The number of benzene rings is 3. The Morgan fingerprint density at radius 1 is 1.00 bits per heavy atom. The number of alkyl halides is 2. The average molecular weight is 475 g/mol. The van der Waals surface area contributed by atoms with Gasteiger partial charge in [0.05, 0.1) is 17.7 Å². The molecule has 6 nitrogen and oxygen atoms in total. The average Bonchev–Trinajstić information content (AvgIpc) is 2.80. The number of methoxy groups -OCH3 is 1. The van der Waals surface area contributed by atoms with Crippen molar-refractivity contribution in [2.75, 3.05) is 12.4 Å². The molecule has 9 heteroatoms. The maximum atomic E-state index is 12.9. The summed E-state index contributed by atoms with van der Waals surface area (Å²) in [5, 5.41) is 5.52. The van der Waals surface area contributed by atoms with E-state index < -0.39 is 24.5 Å². The van der Waals surface area contributed by atoms with Crippen molar-refractivity contribution >= 4 is 29.1 Å². The number of rotatable bonds is 8. The lowest BCUT2D eigenvalue weighted by atomic mass is 10.0. The Bertz CT molecular complexity index is 1140. The lowest BCUT2D eigenvalue weighted by molar-refractivity contribution is -0.117. The summed E-state index contributed by atoms with van der Waals surface area (Å²) in [4.78, 5) is 25.0. The van der Waals surface area contributed by atoms with Crippen LogP contribution in [0.4, 0.5) is 14.5 Å². The molecule has 33 heavy (non-hydrogen) atoms. The molecule has 0 heterocycles. The lowest BCUT2D eigenvalue weighted by Crippen LogP contribution is -2.41. The molecule has 0 aliphatic carbocycles. The molecule has 0 saturated carbocycles. The number of ether oxygens (including phenoxy) is 2. The summed E-state index contributed by atoms with van der Waals surface area (Å²) < 4.78 is 35.5. The third-order valence-electron chi connectivity index (χ3n) is 4.72. The second-order valence-corrected chi connectivity index (χ2v) is 7.39. The van der Waals surface area contributed by atoms with Crippen LogP contribution in [0, 0.1) is 0 Å². The Balaban J connectivity index is 1.78. The molecule has 0 saturated heterocycles. The van der Waals surface area contributed by atoms with Gasteiger partial charge in [0.2, 0.25) is 5.91 Å². The van der Waals surface area contributed by atoms with Crippen LogP contribution < -0.4 is 20.1 Å². The first-order chi connectivity index (χ1) is 15.8. The molecule has 3 aromatic carbocycles. The highest BCUT2D eigenvalue weighted by Crippen LogP contribution is 2.34. The van der Waals surface area contributed by atoms with Crippen LogP contribution in [0.1, 0.15) is 17.3 Å². The van der Waals surface area contributed by atoms with E-state index in [1.165, 1.54) is 32.2 Å². The van der Waals surface area contributed by atoms with Crippen molar-refractivity contribution in [2.45, 2.75) is 19.6 Å². The zero-order valence-corrected chi connectivity index (χ0v) is 18.5. The zero-order valence-electron chi connectivity index (χ0n) is 17.8. The summed E-state index contributed by atoms with van der Waals surface area (Å²) in [5.41, 5.74) is 1.52. The predicted molar refractivity (Wildman–Crippen MR) is 122 cm³/mol. The molecule has 3 aromatic rings. The van der Waals surface area contributed by atoms with E-state index in [0.29, 0.717) is 22.6 Å². The highest BCUT2D eigenvalue weighted by molar-refractivity contribution is 6.33. The first-order valence-electron chi connectivity index (χ1n) is 9.88. The van der Waals surface area contributed by atoms with Crippen molar-refractivity contribution in [1.82, 2.24) is 5.32 Å². The van der Waals surface area contributed by atoms with E-state index in [0.717, 1.165) is 0 Å². The van der Waals surface area contributed by atoms with Crippen molar-refractivity contribution < 1.29 is 27.8 Å². The molecule has 0 radical (unpaired) electrons. The second-order valence-electron chi connectivity index (χ2n) is 6.98. The summed E-state index contributed by atoms with van der Waals surface area (Å²) in [6, 6.07) is 16.6. The van der Waals surface area contributed by atoms with E-state index in [1.807, 2.05) is 0 Å². The number of carbonyl (C=O) groups is 2. The Kier molecular flexibility index (Phi) is 7.84. The summed E-state index contributed by atoms with van der Waals surface area (Å²) >= 11 is 6.02. The van der Waals surface area contributed by atoms with Gasteiger partial charge in [-0.1, -0.05) is 35.9 Å². The van der Waals surface area contributed by atoms with Gasteiger partial charge in [-0.15, -0.1) is 0 Å². The van der Waals surface area contributed by atoms with Crippen LogP contribution >= 0.6 is 11.6 Å². The molecule has 0 aromatic heterocycles. The van der Waals surface area contributed by atoms with Gasteiger partial charge in [-0.25, -0.2) is 0 Å². The molecule has 0 aliphatic heterocycles. The maximum absolute atomic E-state index is 12.9. The molecule has 172 valence electrons. The Labute approximate surface area is 194 Å². The fourth-order valence-electron chi connectivity index (χ4n) is 3.04. The molecule has 0 unspecified atom stereocenters. The molecule has 2 N–H and O–H groups in total. The van der Waals surface area contributed by atoms with Crippen LogP contribution in [0.15, 0.2) is 66.7 Å². The highest BCUT2D eigenvalue weighted by atomic mass is 35.5. The first-order valence-corrected chi connectivity index (χ1v) is 10.3. The summed E-state index contributed by atoms with van der Waals surface area (Å²) in [6.07, 6.45) is 0. The van der Waals surface area contributed by atoms with Gasteiger partial charge in [-0.2, -0.15) is 8.78 Å². The number of carbonyl (C=O) groups excluding carboxylic acids is 2. The second kappa shape index (κ2) is 10.8. The van der Waals surface area contributed by atoms with Gasteiger partial charge >= 0.3 is 6.61 Å². The van der Waals surface area contributed by atoms with E-state index in [2.05, 4.69) is 15.4 Å². The minimum Gasteiger partial charge on any atom is -0.497 e. The largest absolute Gasteiger partial charge is 0.497 e. The molecule has 3 rings (SSSR count). The molecular weight excluding hydrogens is 454 g/mol. The van der Waals surface area contributed by atoms with E-state index in [-0.39, 0.29) is 16.3 Å². The molecule has 0 aliphatic rings. The van der Waals surface area contributed by atoms with Crippen molar-refractivity contribution in [3.8, 4) is 22.6 Å². The van der Waals surface area contributed by atoms with E-state index >= 15 is 0 Å². The van der Waals surface area contributed by atoms with Crippen molar-refractivity contribution in [3.05, 3.63) is 77.3 Å². The molecule has 0 spiro atoms. The standard InChI is InChI=1S/C24H21ClF2N2O4/c1-14(28-23(31)18-5-3-4-6-20(18)25)22(30)29-16-9-12-21(33-24(26)27)19(13-16)15-7-10-17(32-2)11-8-15/h3-14,24H,1-2H3,(H,28,31)(H,29,30)/t14-/m0/s1. The summed E-state index contributed by atoms with van der Waals surface area (Å²) in [6.45, 7) is -1.49. The Morgan fingerprint density at radius 2 is 1.70 bits per heavy atom. The maximum Gasteiger partial charge on any atom is 0.387 e. The normalized spacial score (nSPS) is 11.6. The first kappa shape index (κ1) is 24.0. The van der Waals surface area contributed by atoms with Crippen LogP contribution in [0.3, 0.4) is 0 Å². The minimum absolute atomic E-state index is 0.0479. The third-order valence-corrected chi connectivity index (χ3v) is 5.05. The van der Waals surface area contributed by atoms with E-state index in [4.69, 9.17) is 16.3 Å². The zero-order chi connectivity index (χ0) is 24.0. The van der Waals surface area contributed by atoms with Crippen molar-refractivity contribution in [2.24, 2.45) is 0 Å². The Morgan fingerprint density at radius 3 is 2.33 bits per heavy atom. The van der Waals surface area contributed by atoms with Gasteiger partial charge < -0.3 is 20.1 Å². The van der Waals surface area contributed by atoms with E-state index in [9.17, 15) is 18.4 Å². The third kappa shape index (κ3) is 6.20. The van der Waals surface area contributed by atoms with Gasteiger partial charge in [-0.05, 0) is 55.0 Å². The smallest absolute Gasteiger partial charge is 0.387 e. The van der Waals surface area contributed by atoms with Crippen LogP contribution in [0.2, 0.25) is 5.02 Å². The van der Waals surface area contributed by atoms with Crippen LogP contribution in [-0.4, -0.2) is 31.6 Å². The predicted octanol–water partition coefficient (Wildman–Crippen LogP) is 5.37. The fraction of sp³-hybridized carbons (Fsp3) is 0.167. The molecule has 0 fully saturated rings. The van der Waals surface area contributed by atoms with Gasteiger partial charge in [0.1, 0.15) is 17.5 Å². The van der Waals surface area contributed by atoms with E-state index in [1.54, 1.807) is 48.5 Å². The minimum atomic E-state index is -3.01. The van der Waals surface area contributed by atoms with Crippen LogP contribution in [-0.2, 0) is 4.79 Å². The van der Waals surface area contributed by atoms with Gasteiger partial charge in [0, 0.05) is 11.3 Å². The van der Waals surface area contributed by atoms with Gasteiger partial charge in [0.15, 0.2) is 0 Å². The van der Waals surface area contributed by atoms with Crippen LogP contribution in [0.5, 0.6) is 11.5 Å². The Hall–Kier alpha value is -3.65. The fourth-order valence-corrected chi connectivity index (χ4v) is 3.26. The quantitative estimate of drug-likeness (QED) is 0.460. The highest BCUT2D eigenvalue weighted by Gasteiger charge is 2.19. The van der Waals surface area contributed by atoms with Crippen molar-refractivity contribution in [3.63, 3.8) is 0 Å². The number of amides is 2. The summed E-state index contributed by atoms with van der Waals surface area (Å²) in [7, 11) is 1.52. The van der Waals surface area contributed by atoms with Crippen molar-refractivity contribution in [1.29, 1.82) is 0 Å². The van der Waals surface area contributed by atoms with Gasteiger partial charge in [0.25, 0.3) is 5.91 Å². The number of hydrogen-bond donors (Lipinski definition) is 2. The number of anilines is 1. The number of hydrogen-bond acceptors (Lipinski definition) is 4. The molecule has 0 bridgehead atoms. The molecule has 1 atom stereocenters. The molecule has 2 amide bonds. The SMILES string of the molecule is COc1ccc(-c2cc(NC(=O)[C@H](C)NC(=O)c3ccccc3Cl)ccc2OC(F)F)cc1. The van der Waals surface area contributed by atoms with Crippen LogP contribution in [0.25, 0.3) is 11.1 Å². The number of nitrogens with one attached hydrogen (secondary N) is 2. The number of halogens is 3. The summed E-state index contributed by atoms with van der Waals surface area (Å²) in [5.74, 6) is -0.447. The van der Waals surface area contributed by atoms with Gasteiger partial charge in [-0.3, -0.25) is 9.59 Å². The lowest BCUT2D eigenvalue weighted by Gasteiger charge is -2.17. The molecular formula is C24H21ClF2N2O4. The monoisotopic (exact) mass is 474 g/mol.